The Morgan fingerprint density at radius 3 is 2.39 bits per heavy atom. The Kier molecular flexibility index (Phi) is 5.50. The molecule has 0 aliphatic rings. The number of benzene rings is 2. The maximum absolute atomic E-state index is 13.4. The van der Waals surface area contributed by atoms with E-state index in [1.54, 1.807) is 37.7 Å². The fraction of sp³-hybridized carbons (Fsp3) is 0.292. The Bertz CT molecular complexity index is 1340. The highest BCUT2D eigenvalue weighted by molar-refractivity contribution is 5.72. The molecule has 31 heavy (non-hydrogen) atoms. The molecule has 0 aliphatic heterocycles. The maximum Gasteiger partial charge on any atom is 0.337 e. The summed E-state index contributed by atoms with van der Waals surface area (Å²) in [5.74, 6) is 0.827. The minimum absolute atomic E-state index is 0.139. The van der Waals surface area contributed by atoms with Gasteiger partial charge in [0.15, 0.2) is 11.2 Å². The molecule has 7 nitrogen and oxygen atoms in total. The lowest BCUT2D eigenvalue weighted by Crippen LogP contribution is -2.41. The van der Waals surface area contributed by atoms with Crippen molar-refractivity contribution >= 4 is 11.2 Å². The fourth-order valence-corrected chi connectivity index (χ4v) is 3.76. The molecule has 0 atom stereocenters. The van der Waals surface area contributed by atoms with Crippen molar-refractivity contribution < 1.29 is 4.74 Å². The molecule has 0 fully saturated rings. The first-order chi connectivity index (χ1) is 14.9. The highest BCUT2D eigenvalue weighted by Gasteiger charge is 2.20. The van der Waals surface area contributed by atoms with E-state index in [9.17, 15) is 9.59 Å². The van der Waals surface area contributed by atoms with Crippen molar-refractivity contribution in [3.05, 3.63) is 86.8 Å². The molecule has 0 bridgehead atoms. The molecule has 0 unspecified atom stereocenters. The van der Waals surface area contributed by atoms with Gasteiger partial charge >= 0.3 is 5.69 Å². The molecule has 0 amide bonds. The molecule has 0 radical (unpaired) electrons. The van der Waals surface area contributed by atoms with E-state index in [0.717, 1.165) is 11.1 Å². The van der Waals surface area contributed by atoms with Gasteiger partial charge in [0, 0.05) is 13.1 Å². The summed E-state index contributed by atoms with van der Waals surface area (Å²) >= 11 is 0. The summed E-state index contributed by atoms with van der Waals surface area (Å²) < 4.78 is 9.89. The van der Waals surface area contributed by atoms with Gasteiger partial charge in [-0.15, -0.1) is 0 Å². The Morgan fingerprint density at radius 1 is 1.03 bits per heavy atom. The number of rotatable bonds is 6. The van der Waals surface area contributed by atoms with Crippen LogP contribution in [-0.2, 0) is 13.1 Å². The molecule has 2 aromatic carbocycles. The summed E-state index contributed by atoms with van der Waals surface area (Å²) in [7, 11) is 1.59. The fourth-order valence-electron chi connectivity index (χ4n) is 3.76. The molecule has 2 aromatic heterocycles. The van der Waals surface area contributed by atoms with Crippen LogP contribution in [0.3, 0.4) is 0 Å². The van der Waals surface area contributed by atoms with E-state index in [1.165, 1.54) is 9.13 Å². The minimum Gasteiger partial charge on any atom is -0.497 e. The number of imidazole rings is 1. The third kappa shape index (κ3) is 3.79. The van der Waals surface area contributed by atoms with Crippen molar-refractivity contribution in [3.8, 4) is 11.4 Å². The number of methoxy groups -OCH3 is 1. The lowest BCUT2D eigenvalue weighted by molar-refractivity contribution is 0.414. The van der Waals surface area contributed by atoms with Gasteiger partial charge in [0.2, 0.25) is 0 Å². The quantitative estimate of drug-likeness (QED) is 0.481. The standard InChI is InChI=1S/C24H26N4O3/c1-16(2)13-27-23(29)21-22(25-15-26(21)14-18-8-6-5-7-17(18)3)28(24(27)30)19-9-11-20(31-4)12-10-19/h5-12,15-16H,13-14H2,1-4H3. The first kappa shape index (κ1) is 20.7. The summed E-state index contributed by atoms with van der Waals surface area (Å²) in [5, 5.41) is 0. The van der Waals surface area contributed by atoms with Gasteiger partial charge in [-0.25, -0.2) is 14.3 Å². The second kappa shape index (κ2) is 8.26. The van der Waals surface area contributed by atoms with Gasteiger partial charge in [0.05, 0.1) is 19.1 Å². The van der Waals surface area contributed by atoms with Crippen LogP contribution in [0, 0.1) is 12.8 Å². The highest BCUT2D eigenvalue weighted by atomic mass is 16.5. The molecule has 7 heteroatoms. The van der Waals surface area contributed by atoms with E-state index in [1.807, 2.05) is 49.6 Å². The van der Waals surface area contributed by atoms with Crippen LogP contribution in [0.5, 0.6) is 5.75 Å². The number of aromatic nitrogens is 4. The van der Waals surface area contributed by atoms with E-state index in [4.69, 9.17) is 4.74 Å². The normalized spacial score (nSPS) is 11.4. The Morgan fingerprint density at radius 2 is 1.74 bits per heavy atom. The monoisotopic (exact) mass is 418 g/mol. The van der Waals surface area contributed by atoms with Gasteiger partial charge < -0.3 is 9.30 Å². The number of nitrogens with zero attached hydrogens (tertiary/aromatic N) is 4. The van der Waals surface area contributed by atoms with E-state index < -0.39 is 5.69 Å². The molecule has 160 valence electrons. The van der Waals surface area contributed by atoms with Crippen LogP contribution in [-0.4, -0.2) is 25.8 Å². The maximum atomic E-state index is 13.4. The third-order valence-corrected chi connectivity index (χ3v) is 5.38. The zero-order chi connectivity index (χ0) is 22.1. The second-order valence-corrected chi connectivity index (χ2v) is 8.10. The molecular weight excluding hydrogens is 392 g/mol. The van der Waals surface area contributed by atoms with Gasteiger partial charge in [-0.2, -0.15) is 0 Å². The van der Waals surface area contributed by atoms with Gasteiger partial charge in [-0.05, 0) is 48.2 Å². The Hall–Kier alpha value is -3.61. The zero-order valence-corrected chi connectivity index (χ0v) is 18.2. The molecular formula is C24H26N4O3. The number of hydrogen-bond acceptors (Lipinski definition) is 4. The van der Waals surface area contributed by atoms with Crippen molar-refractivity contribution in [3.63, 3.8) is 0 Å². The van der Waals surface area contributed by atoms with Gasteiger partial charge in [-0.1, -0.05) is 38.1 Å². The number of aryl methyl sites for hydroxylation is 1. The van der Waals surface area contributed by atoms with Crippen LogP contribution in [0.15, 0.2) is 64.4 Å². The van der Waals surface area contributed by atoms with Crippen LogP contribution in [0.25, 0.3) is 16.9 Å². The first-order valence-corrected chi connectivity index (χ1v) is 10.3. The van der Waals surface area contributed by atoms with Crippen LogP contribution < -0.4 is 16.0 Å². The number of fused-ring (bicyclic) bond motifs is 1. The van der Waals surface area contributed by atoms with Crippen LogP contribution in [0.4, 0.5) is 0 Å². The van der Waals surface area contributed by atoms with Crippen LogP contribution in [0.2, 0.25) is 0 Å². The average Bonchev–Trinajstić information content (AvgIpc) is 3.16. The van der Waals surface area contributed by atoms with Crippen molar-refractivity contribution in [2.24, 2.45) is 5.92 Å². The average molecular weight is 418 g/mol. The summed E-state index contributed by atoms with van der Waals surface area (Å²) in [6.07, 6.45) is 1.64. The molecule has 0 saturated heterocycles. The highest BCUT2D eigenvalue weighted by Crippen LogP contribution is 2.18. The molecule has 4 rings (SSSR count). The molecule has 0 spiro atoms. The lowest BCUT2D eigenvalue weighted by Gasteiger charge is -2.14. The topological polar surface area (TPSA) is 71.1 Å². The largest absolute Gasteiger partial charge is 0.497 e. The van der Waals surface area contributed by atoms with E-state index in [2.05, 4.69) is 4.98 Å². The lowest BCUT2D eigenvalue weighted by atomic mass is 10.1. The van der Waals surface area contributed by atoms with Crippen LogP contribution >= 0.6 is 0 Å². The van der Waals surface area contributed by atoms with Crippen molar-refractivity contribution in [1.29, 1.82) is 0 Å². The van der Waals surface area contributed by atoms with Gasteiger partial charge in [-0.3, -0.25) is 9.36 Å². The second-order valence-electron chi connectivity index (χ2n) is 8.10. The molecule has 2 heterocycles. The van der Waals surface area contributed by atoms with Crippen molar-refractivity contribution in [2.45, 2.75) is 33.9 Å². The number of ether oxygens (including phenoxy) is 1. The first-order valence-electron chi connectivity index (χ1n) is 10.3. The van der Waals surface area contributed by atoms with Crippen LogP contribution in [0.1, 0.15) is 25.0 Å². The third-order valence-electron chi connectivity index (χ3n) is 5.38. The van der Waals surface area contributed by atoms with Crippen molar-refractivity contribution in [1.82, 2.24) is 18.7 Å². The minimum atomic E-state index is -0.391. The van der Waals surface area contributed by atoms with E-state index in [-0.39, 0.29) is 11.5 Å². The SMILES string of the molecule is COc1ccc(-n2c(=O)n(CC(C)C)c(=O)c3c2ncn3Cc2ccccc2C)cc1. The predicted molar refractivity (Wildman–Crippen MR) is 121 cm³/mol. The number of hydrogen-bond donors (Lipinski definition) is 0. The summed E-state index contributed by atoms with van der Waals surface area (Å²) in [4.78, 5) is 31.2. The summed E-state index contributed by atoms with van der Waals surface area (Å²) in [6.45, 7) is 6.84. The molecule has 0 saturated carbocycles. The summed E-state index contributed by atoms with van der Waals surface area (Å²) in [5.41, 5.74) is 2.93. The smallest absolute Gasteiger partial charge is 0.337 e. The molecule has 0 aliphatic carbocycles. The summed E-state index contributed by atoms with van der Waals surface area (Å²) in [6, 6.07) is 15.2. The van der Waals surface area contributed by atoms with Gasteiger partial charge in [0.1, 0.15) is 5.75 Å². The Labute approximate surface area is 180 Å². The molecule has 4 aromatic rings. The van der Waals surface area contributed by atoms with E-state index in [0.29, 0.717) is 35.7 Å². The molecule has 0 N–H and O–H groups in total. The zero-order valence-electron chi connectivity index (χ0n) is 18.2. The Balaban J connectivity index is 1.98. The predicted octanol–water partition coefficient (Wildman–Crippen LogP) is 3.37. The van der Waals surface area contributed by atoms with Crippen molar-refractivity contribution in [2.75, 3.05) is 7.11 Å². The van der Waals surface area contributed by atoms with Gasteiger partial charge in [0.25, 0.3) is 5.56 Å². The van der Waals surface area contributed by atoms with E-state index >= 15 is 0 Å².